The zero-order chi connectivity index (χ0) is 29.5. The molecule has 0 fully saturated rings. The van der Waals surface area contributed by atoms with Crippen LogP contribution < -0.4 is 4.74 Å². The van der Waals surface area contributed by atoms with Crippen LogP contribution in [-0.4, -0.2) is 18.9 Å². The number of fused-ring (bicyclic) bond motifs is 9. The van der Waals surface area contributed by atoms with E-state index in [9.17, 15) is 0 Å². The van der Waals surface area contributed by atoms with E-state index in [0.717, 1.165) is 66.3 Å². The molecule has 0 saturated carbocycles. The van der Waals surface area contributed by atoms with E-state index in [-0.39, 0.29) is 26.5 Å². The predicted octanol–water partition coefficient (Wildman–Crippen LogP) is 9.44. The summed E-state index contributed by atoms with van der Waals surface area (Å²) in [5.41, 5.74) is 7.26. The van der Waals surface area contributed by atoms with E-state index in [1.807, 2.05) is 24.4 Å². The van der Waals surface area contributed by atoms with Crippen LogP contribution in [0.3, 0.4) is 0 Å². The number of imidazole rings is 1. The molecular formula is C38H30N4OPt. The molecule has 4 aromatic heterocycles. The van der Waals surface area contributed by atoms with E-state index in [1.165, 1.54) is 5.56 Å². The van der Waals surface area contributed by atoms with Gasteiger partial charge in [-0.3, -0.25) is 4.98 Å². The number of para-hydroxylation sites is 2. The standard InChI is InChI=1S/C38H30N4O.Pt/c1-23-24(2)41-33-14-8-6-11-28(33)27-18-16-25(21-31(27)36(41)40-23)43-26-17-19-30-29-12-7-9-15-34(29)42(35(30)22-26)37-32(38(3,4)5)13-10-20-39-37;/h6-20H,1-5H3;/q-2;+2. The van der Waals surface area contributed by atoms with Crippen LogP contribution in [0.1, 0.15) is 37.7 Å². The molecule has 4 heterocycles. The molecule has 4 aromatic carbocycles. The molecule has 0 N–H and O–H groups in total. The molecule has 0 bridgehead atoms. The van der Waals surface area contributed by atoms with E-state index < -0.39 is 0 Å². The third-order valence-corrected chi connectivity index (χ3v) is 8.51. The second-order valence-corrected chi connectivity index (χ2v) is 12.2. The Bertz CT molecular complexity index is 2390. The summed E-state index contributed by atoms with van der Waals surface area (Å²) in [7, 11) is 0. The summed E-state index contributed by atoms with van der Waals surface area (Å²) < 4.78 is 10.9. The van der Waals surface area contributed by atoms with Crippen molar-refractivity contribution in [2.24, 2.45) is 0 Å². The molecule has 0 amide bonds. The van der Waals surface area contributed by atoms with Gasteiger partial charge in [0, 0.05) is 45.7 Å². The number of ether oxygens (including phenoxy) is 1. The van der Waals surface area contributed by atoms with Gasteiger partial charge >= 0.3 is 21.1 Å². The summed E-state index contributed by atoms with van der Waals surface area (Å²) in [6.45, 7) is 10.8. The molecule has 0 radical (unpaired) electrons. The van der Waals surface area contributed by atoms with Crippen LogP contribution in [0.25, 0.3) is 54.9 Å². The Hall–Kier alpha value is -4.47. The quantitative estimate of drug-likeness (QED) is 0.134. The number of pyridine rings is 2. The zero-order valence-electron chi connectivity index (χ0n) is 25.2. The summed E-state index contributed by atoms with van der Waals surface area (Å²) in [4.78, 5) is 9.82. The molecule has 5 nitrogen and oxygen atoms in total. The minimum absolute atomic E-state index is 0. The topological polar surface area (TPSA) is 44.3 Å². The zero-order valence-corrected chi connectivity index (χ0v) is 27.4. The molecular weight excluding hydrogens is 724 g/mol. The van der Waals surface area contributed by atoms with Crippen molar-refractivity contribution in [1.29, 1.82) is 0 Å². The fourth-order valence-corrected chi connectivity index (χ4v) is 6.34. The fourth-order valence-electron chi connectivity index (χ4n) is 6.34. The van der Waals surface area contributed by atoms with Crippen LogP contribution in [0.2, 0.25) is 0 Å². The number of hydrogen-bond acceptors (Lipinski definition) is 3. The summed E-state index contributed by atoms with van der Waals surface area (Å²) in [5.74, 6) is 2.15. The van der Waals surface area contributed by atoms with Crippen LogP contribution in [0.4, 0.5) is 0 Å². The van der Waals surface area contributed by atoms with Gasteiger partial charge in [0.25, 0.3) is 0 Å². The first-order chi connectivity index (χ1) is 20.8. The second kappa shape index (κ2) is 10.3. The first-order valence-corrected chi connectivity index (χ1v) is 14.6. The molecule has 0 saturated heterocycles. The van der Waals surface area contributed by atoms with Gasteiger partial charge in [0.1, 0.15) is 5.82 Å². The smallest absolute Gasteiger partial charge is 0.503 e. The molecule has 0 aliphatic carbocycles. The van der Waals surface area contributed by atoms with Gasteiger partial charge in [-0.1, -0.05) is 85.6 Å². The average Bonchev–Trinajstić information content (AvgIpc) is 3.50. The maximum atomic E-state index is 6.50. The van der Waals surface area contributed by atoms with Gasteiger partial charge in [0.2, 0.25) is 0 Å². The minimum atomic E-state index is -0.0888. The van der Waals surface area contributed by atoms with Crippen molar-refractivity contribution in [3.8, 4) is 17.3 Å². The van der Waals surface area contributed by atoms with Crippen molar-refractivity contribution < 1.29 is 25.8 Å². The summed E-state index contributed by atoms with van der Waals surface area (Å²) in [6.07, 6.45) is 1.86. The van der Waals surface area contributed by atoms with Gasteiger partial charge in [-0.15, -0.1) is 29.7 Å². The first kappa shape index (κ1) is 28.3. The molecule has 8 aromatic rings. The Kier molecular flexibility index (Phi) is 6.64. The Morgan fingerprint density at radius 3 is 2.11 bits per heavy atom. The van der Waals surface area contributed by atoms with Crippen molar-refractivity contribution >= 4 is 49.1 Å². The molecule has 8 rings (SSSR count). The summed E-state index contributed by atoms with van der Waals surface area (Å²) >= 11 is 0. The van der Waals surface area contributed by atoms with Gasteiger partial charge in [-0.05, 0) is 48.2 Å². The number of nitrogens with zero attached hydrogens (tertiary/aromatic N) is 4. The predicted molar refractivity (Wildman–Crippen MR) is 175 cm³/mol. The Morgan fingerprint density at radius 2 is 1.36 bits per heavy atom. The third kappa shape index (κ3) is 4.25. The number of aromatic nitrogens is 4. The molecule has 0 spiro atoms. The van der Waals surface area contributed by atoms with Crippen LogP contribution in [0, 0.1) is 26.0 Å². The van der Waals surface area contributed by atoms with Crippen LogP contribution >= 0.6 is 0 Å². The first-order valence-electron chi connectivity index (χ1n) is 14.6. The maximum Gasteiger partial charge on any atom is 2.00 e. The molecule has 0 atom stereocenters. The minimum Gasteiger partial charge on any atom is -0.503 e. The molecule has 44 heavy (non-hydrogen) atoms. The second-order valence-electron chi connectivity index (χ2n) is 12.2. The average molecular weight is 754 g/mol. The van der Waals surface area contributed by atoms with E-state index >= 15 is 0 Å². The number of benzene rings is 4. The van der Waals surface area contributed by atoms with Crippen molar-refractivity contribution in [3.05, 3.63) is 120 Å². The van der Waals surface area contributed by atoms with Crippen molar-refractivity contribution in [1.82, 2.24) is 18.9 Å². The monoisotopic (exact) mass is 753 g/mol. The normalized spacial score (nSPS) is 12.0. The Balaban J connectivity index is 0.00000312. The number of hydrogen-bond donors (Lipinski definition) is 0. The van der Waals surface area contributed by atoms with Crippen LogP contribution in [0.5, 0.6) is 11.5 Å². The SMILES string of the molecule is Cc1nc2c3[c-]c(Oc4[c-]c5c(cc4)c4ccccc4n5-c4ncccc4C(C)(C)C)ccc3c3ccccc3n2c1C.[Pt+2]. The van der Waals surface area contributed by atoms with E-state index in [2.05, 4.69) is 122 Å². The molecule has 0 aliphatic heterocycles. The summed E-state index contributed by atoms with van der Waals surface area (Å²) in [5, 5.41) is 5.46. The van der Waals surface area contributed by atoms with Gasteiger partial charge in [-0.25, -0.2) is 4.98 Å². The molecule has 218 valence electrons. The summed E-state index contributed by atoms with van der Waals surface area (Å²) in [6, 6.07) is 36.4. The fraction of sp³-hybridized carbons (Fsp3) is 0.158. The van der Waals surface area contributed by atoms with Crippen LogP contribution in [-0.2, 0) is 26.5 Å². The third-order valence-electron chi connectivity index (χ3n) is 8.51. The molecule has 0 unspecified atom stereocenters. The maximum absolute atomic E-state index is 6.50. The van der Waals surface area contributed by atoms with Crippen molar-refractivity contribution in [3.63, 3.8) is 0 Å². The van der Waals surface area contributed by atoms with E-state index in [0.29, 0.717) is 11.5 Å². The van der Waals surface area contributed by atoms with Gasteiger partial charge in [0.15, 0.2) is 0 Å². The number of rotatable bonds is 3. The van der Waals surface area contributed by atoms with Crippen molar-refractivity contribution in [2.75, 3.05) is 0 Å². The van der Waals surface area contributed by atoms with E-state index in [4.69, 9.17) is 14.7 Å². The van der Waals surface area contributed by atoms with Crippen LogP contribution in [0.15, 0.2) is 91.1 Å². The van der Waals surface area contributed by atoms with Gasteiger partial charge in [0.05, 0.1) is 5.65 Å². The van der Waals surface area contributed by atoms with Gasteiger partial charge < -0.3 is 13.7 Å². The molecule has 0 aliphatic rings. The largest absolute Gasteiger partial charge is 2.00 e. The Morgan fingerprint density at radius 1 is 0.705 bits per heavy atom. The van der Waals surface area contributed by atoms with Crippen molar-refractivity contribution in [2.45, 2.75) is 40.0 Å². The Labute approximate surface area is 270 Å². The number of aryl methyl sites for hydroxylation is 2. The van der Waals surface area contributed by atoms with Gasteiger partial charge in [-0.2, -0.15) is 6.07 Å². The molecule has 6 heteroatoms. The van der Waals surface area contributed by atoms with E-state index in [1.54, 1.807) is 0 Å².